The maximum absolute atomic E-state index is 12.6. The van der Waals surface area contributed by atoms with E-state index in [1.807, 2.05) is 24.3 Å². The molecule has 0 saturated carbocycles. The summed E-state index contributed by atoms with van der Waals surface area (Å²) >= 11 is 3.54. The van der Waals surface area contributed by atoms with Crippen molar-refractivity contribution in [2.75, 3.05) is 43.8 Å². The molecule has 0 radical (unpaired) electrons. The van der Waals surface area contributed by atoms with Gasteiger partial charge in [-0.05, 0) is 91.7 Å². The lowest BCUT2D eigenvalue weighted by Crippen LogP contribution is -2.57. The second-order valence-corrected chi connectivity index (χ2v) is 14.9. The molecule has 0 atom stereocenters. The molecule has 1 aliphatic carbocycles. The number of amides is 2. The predicted molar refractivity (Wildman–Crippen MR) is 180 cm³/mol. The first-order valence-electron chi connectivity index (χ1n) is 15.4. The van der Waals surface area contributed by atoms with Gasteiger partial charge in [0.15, 0.2) is 0 Å². The maximum atomic E-state index is 12.6. The molecule has 0 spiro atoms. The Kier molecular flexibility index (Phi) is 11.9. The van der Waals surface area contributed by atoms with Crippen LogP contribution in [-0.2, 0) is 28.5 Å². The average Bonchev–Trinajstić information content (AvgIpc) is 3.36. The molecule has 2 amide bonds. The number of fused-ring (bicyclic) bond motifs is 3. The third-order valence-electron chi connectivity index (χ3n) is 8.27. The second-order valence-electron chi connectivity index (χ2n) is 12.4. The highest BCUT2D eigenvalue weighted by Crippen LogP contribution is 2.44. The molecular formula is C34H44N2O8S2. The molecule has 5 rings (SSSR count). The molecule has 0 unspecified atom stereocenters. The van der Waals surface area contributed by atoms with E-state index in [4.69, 9.17) is 18.9 Å². The van der Waals surface area contributed by atoms with Crippen molar-refractivity contribution in [3.05, 3.63) is 59.7 Å². The van der Waals surface area contributed by atoms with Crippen LogP contribution in [0.25, 0.3) is 11.1 Å². The Hall–Kier alpha value is -3.38. The van der Waals surface area contributed by atoms with Gasteiger partial charge in [-0.2, -0.15) is 23.5 Å². The van der Waals surface area contributed by atoms with Crippen LogP contribution in [0.2, 0.25) is 0 Å². The molecule has 2 saturated heterocycles. The molecule has 12 heteroatoms. The SMILES string of the molecule is COC(=O)C1(NC(=O)OC(C)(C)C)CCSCC1.COC(=O)C1(NC(=O)OCC2c3ccccc3-c3ccccc32)CCSCC1. The van der Waals surface area contributed by atoms with E-state index < -0.39 is 40.8 Å². The monoisotopic (exact) mass is 672 g/mol. The van der Waals surface area contributed by atoms with Crippen molar-refractivity contribution < 1.29 is 38.1 Å². The molecule has 2 fully saturated rings. The second kappa shape index (κ2) is 15.5. The first-order valence-corrected chi connectivity index (χ1v) is 17.7. The third kappa shape index (κ3) is 8.50. The Balaban J connectivity index is 0.000000232. The van der Waals surface area contributed by atoms with E-state index in [0.717, 1.165) is 34.1 Å². The van der Waals surface area contributed by atoms with Crippen molar-refractivity contribution in [1.82, 2.24) is 10.6 Å². The van der Waals surface area contributed by atoms with Crippen molar-refractivity contribution in [3.8, 4) is 11.1 Å². The van der Waals surface area contributed by atoms with Crippen LogP contribution in [0.4, 0.5) is 9.59 Å². The van der Waals surface area contributed by atoms with Crippen LogP contribution in [-0.4, -0.2) is 84.6 Å². The van der Waals surface area contributed by atoms with Gasteiger partial charge in [0.05, 0.1) is 14.2 Å². The summed E-state index contributed by atoms with van der Waals surface area (Å²) in [5.74, 6) is 2.46. The van der Waals surface area contributed by atoms with Gasteiger partial charge in [0.25, 0.3) is 0 Å². The van der Waals surface area contributed by atoms with Crippen molar-refractivity contribution in [2.45, 2.75) is 69.1 Å². The minimum atomic E-state index is -0.984. The van der Waals surface area contributed by atoms with Gasteiger partial charge in [0, 0.05) is 5.92 Å². The number of nitrogens with one attached hydrogen (secondary N) is 2. The van der Waals surface area contributed by atoms with Gasteiger partial charge >= 0.3 is 24.1 Å². The molecule has 2 N–H and O–H groups in total. The zero-order valence-electron chi connectivity index (χ0n) is 27.1. The van der Waals surface area contributed by atoms with Crippen LogP contribution in [0.3, 0.4) is 0 Å². The van der Waals surface area contributed by atoms with Crippen molar-refractivity contribution in [2.24, 2.45) is 0 Å². The fraction of sp³-hybridized carbons (Fsp3) is 0.529. The topological polar surface area (TPSA) is 129 Å². The molecule has 250 valence electrons. The lowest BCUT2D eigenvalue weighted by molar-refractivity contribution is -0.149. The molecule has 0 bridgehead atoms. The normalized spacial score (nSPS) is 17.9. The Morgan fingerprint density at radius 2 is 1.13 bits per heavy atom. The maximum Gasteiger partial charge on any atom is 0.408 e. The summed E-state index contributed by atoms with van der Waals surface area (Å²) in [5, 5.41) is 5.50. The highest BCUT2D eigenvalue weighted by Gasteiger charge is 2.44. The number of methoxy groups -OCH3 is 2. The van der Waals surface area contributed by atoms with Gasteiger partial charge in [0.2, 0.25) is 0 Å². The van der Waals surface area contributed by atoms with E-state index >= 15 is 0 Å². The fourth-order valence-electron chi connectivity index (χ4n) is 5.92. The summed E-state index contributed by atoms with van der Waals surface area (Å²) in [6.45, 7) is 5.59. The molecule has 2 heterocycles. The van der Waals surface area contributed by atoms with Crippen LogP contribution in [0, 0.1) is 0 Å². The molecule has 46 heavy (non-hydrogen) atoms. The minimum Gasteiger partial charge on any atom is -0.467 e. The van der Waals surface area contributed by atoms with Gasteiger partial charge in [-0.3, -0.25) is 0 Å². The largest absolute Gasteiger partial charge is 0.467 e. The molecule has 0 aromatic heterocycles. The lowest BCUT2D eigenvalue weighted by Gasteiger charge is -2.35. The van der Waals surface area contributed by atoms with Crippen LogP contribution in [0.5, 0.6) is 0 Å². The third-order valence-corrected chi connectivity index (χ3v) is 10.2. The van der Waals surface area contributed by atoms with Gasteiger partial charge in [0.1, 0.15) is 23.3 Å². The number of carbonyl (C=O) groups is 4. The van der Waals surface area contributed by atoms with Gasteiger partial charge in [-0.1, -0.05) is 48.5 Å². The van der Waals surface area contributed by atoms with Gasteiger partial charge in [-0.15, -0.1) is 0 Å². The number of hydrogen-bond acceptors (Lipinski definition) is 10. The van der Waals surface area contributed by atoms with Crippen LogP contribution >= 0.6 is 23.5 Å². The highest BCUT2D eigenvalue weighted by molar-refractivity contribution is 7.99. The number of alkyl carbamates (subject to hydrolysis) is 2. The number of benzene rings is 2. The minimum absolute atomic E-state index is 0.00543. The molecule has 2 aliphatic heterocycles. The molecular weight excluding hydrogens is 629 g/mol. The smallest absolute Gasteiger partial charge is 0.408 e. The fourth-order valence-corrected chi connectivity index (χ4v) is 8.30. The van der Waals surface area contributed by atoms with Crippen LogP contribution in [0.1, 0.15) is 63.5 Å². The van der Waals surface area contributed by atoms with Gasteiger partial charge in [-0.25, -0.2) is 19.2 Å². The molecule has 2 aromatic carbocycles. The van der Waals surface area contributed by atoms with Gasteiger partial charge < -0.3 is 29.6 Å². The zero-order valence-corrected chi connectivity index (χ0v) is 28.8. The van der Waals surface area contributed by atoms with E-state index in [-0.39, 0.29) is 12.5 Å². The average molecular weight is 673 g/mol. The highest BCUT2D eigenvalue weighted by atomic mass is 32.2. The number of carbonyl (C=O) groups excluding carboxylic acids is 4. The quantitative estimate of drug-likeness (QED) is 0.282. The molecule has 3 aliphatic rings. The van der Waals surface area contributed by atoms with E-state index in [2.05, 4.69) is 34.9 Å². The number of hydrogen-bond donors (Lipinski definition) is 2. The number of thioether (sulfide) groups is 2. The van der Waals surface area contributed by atoms with Crippen molar-refractivity contribution >= 4 is 47.6 Å². The van der Waals surface area contributed by atoms with E-state index in [1.165, 1.54) is 25.3 Å². The Morgan fingerprint density at radius 3 is 1.54 bits per heavy atom. The first kappa shape index (κ1) is 35.5. The summed E-state index contributed by atoms with van der Waals surface area (Å²) in [7, 11) is 2.69. The van der Waals surface area contributed by atoms with E-state index in [0.29, 0.717) is 25.7 Å². The number of ether oxygens (including phenoxy) is 4. The summed E-state index contributed by atoms with van der Waals surface area (Å²) in [5.41, 5.74) is 2.20. The predicted octanol–water partition coefficient (Wildman–Crippen LogP) is 5.91. The standard InChI is InChI=1S/C22H23NO4S.C12H21NO4S/c1-26-20(24)22(10-12-28-13-11-22)23-21(25)27-14-19-17-8-4-2-6-15(17)16-7-3-5-9-18(16)19;1-11(2,3)17-10(15)13-12(9(14)16-4)5-7-18-8-6-12/h2-9,19H,10-14H2,1H3,(H,23,25);5-8H2,1-4H3,(H,13,15). The summed E-state index contributed by atoms with van der Waals surface area (Å²) in [6, 6.07) is 16.4. The van der Waals surface area contributed by atoms with Crippen LogP contribution < -0.4 is 10.6 Å². The van der Waals surface area contributed by atoms with E-state index in [9.17, 15) is 19.2 Å². The lowest BCUT2D eigenvalue weighted by atomic mass is 9.92. The van der Waals surface area contributed by atoms with Crippen molar-refractivity contribution in [1.29, 1.82) is 0 Å². The first-order chi connectivity index (χ1) is 21.9. The van der Waals surface area contributed by atoms with Crippen molar-refractivity contribution in [3.63, 3.8) is 0 Å². The zero-order chi connectivity index (χ0) is 33.4. The summed E-state index contributed by atoms with van der Waals surface area (Å²) in [4.78, 5) is 48.6. The van der Waals surface area contributed by atoms with E-state index in [1.54, 1.807) is 44.3 Å². The summed E-state index contributed by atoms with van der Waals surface area (Å²) in [6.07, 6.45) is 1.11. The Labute approximate surface area is 279 Å². The summed E-state index contributed by atoms with van der Waals surface area (Å²) < 4.78 is 20.5. The van der Waals surface area contributed by atoms with Crippen LogP contribution in [0.15, 0.2) is 48.5 Å². The number of rotatable bonds is 6. The molecule has 2 aromatic rings. The molecule has 10 nitrogen and oxygen atoms in total. The Bertz CT molecular complexity index is 1350. The number of esters is 2. The Morgan fingerprint density at radius 1 is 0.717 bits per heavy atom.